The van der Waals surface area contributed by atoms with Crippen LogP contribution in [0.15, 0.2) is 24.3 Å². The van der Waals surface area contributed by atoms with E-state index in [1.54, 1.807) is 24.3 Å². The molecular weight excluding hydrogens is 220 g/mol. The third-order valence-corrected chi connectivity index (χ3v) is 1.88. The molecular formula is C10H11ClO4. The van der Waals surface area contributed by atoms with E-state index in [1.807, 2.05) is 0 Å². The molecule has 0 amide bonds. The van der Waals surface area contributed by atoms with Crippen LogP contribution in [0.2, 0.25) is 5.02 Å². The number of carboxylic acid groups (broad SMARTS) is 1. The minimum atomic E-state index is -1.72. The molecule has 1 aromatic rings. The third-order valence-electron chi connectivity index (χ3n) is 1.63. The Morgan fingerprint density at radius 3 is 2.47 bits per heavy atom. The van der Waals surface area contributed by atoms with Gasteiger partial charge in [-0.2, -0.15) is 0 Å². The molecule has 0 heterocycles. The van der Waals surface area contributed by atoms with Gasteiger partial charge in [-0.25, -0.2) is 0 Å². The SMILES string of the molecule is CC(O)(CC(=O)O)Oc1ccc(Cl)cc1. The van der Waals surface area contributed by atoms with Crippen LogP contribution in [-0.4, -0.2) is 22.0 Å². The molecule has 1 unspecified atom stereocenters. The van der Waals surface area contributed by atoms with Crippen molar-refractivity contribution in [2.75, 3.05) is 0 Å². The summed E-state index contributed by atoms with van der Waals surface area (Å²) >= 11 is 5.66. The fourth-order valence-corrected chi connectivity index (χ4v) is 1.20. The monoisotopic (exact) mass is 230 g/mol. The van der Waals surface area contributed by atoms with E-state index in [0.29, 0.717) is 10.8 Å². The summed E-state index contributed by atoms with van der Waals surface area (Å²) in [6.45, 7) is 1.29. The molecule has 82 valence electrons. The number of hydrogen-bond donors (Lipinski definition) is 2. The van der Waals surface area contributed by atoms with Crippen molar-refractivity contribution in [3.8, 4) is 5.75 Å². The number of benzene rings is 1. The Bertz CT molecular complexity index is 345. The lowest BCUT2D eigenvalue weighted by Gasteiger charge is -2.22. The van der Waals surface area contributed by atoms with E-state index in [2.05, 4.69) is 0 Å². The van der Waals surface area contributed by atoms with Gasteiger partial charge in [-0.15, -0.1) is 0 Å². The molecule has 0 aliphatic carbocycles. The van der Waals surface area contributed by atoms with Crippen molar-refractivity contribution in [1.29, 1.82) is 0 Å². The van der Waals surface area contributed by atoms with Crippen molar-refractivity contribution in [2.45, 2.75) is 19.1 Å². The van der Waals surface area contributed by atoms with Crippen LogP contribution in [0.5, 0.6) is 5.75 Å². The van der Waals surface area contributed by atoms with Crippen molar-refractivity contribution >= 4 is 17.6 Å². The predicted molar refractivity (Wildman–Crippen MR) is 55.0 cm³/mol. The van der Waals surface area contributed by atoms with Crippen LogP contribution in [0.3, 0.4) is 0 Å². The van der Waals surface area contributed by atoms with E-state index < -0.39 is 18.2 Å². The van der Waals surface area contributed by atoms with E-state index in [4.69, 9.17) is 21.4 Å². The number of aliphatic carboxylic acids is 1. The molecule has 0 bridgehead atoms. The van der Waals surface area contributed by atoms with Crippen LogP contribution < -0.4 is 4.74 Å². The summed E-state index contributed by atoms with van der Waals surface area (Å²) in [5.41, 5.74) is 0. The molecule has 0 saturated heterocycles. The van der Waals surface area contributed by atoms with Gasteiger partial charge in [0.25, 0.3) is 0 Å². The molecule has 1 atom stereocenters. The predicted octanol–water partition coefficient (Wildman–Crippen LogP) is 1.90. The van der Waals surface area contributed by atoms with Crippen molar-refractivity contribution in [2.24, 2.45) is 0 Å². The lowest BCUT2D eigenvalue weighted by atomic mass is 10.2. The first-order valence-electron chi connectivity index (χ1n) is 4.28. The number of rotatable bonds is 4. The normalized spacial score (nSPS) is 14.3. The Morgan fingerprint density at radius 2 is 2.00 bits per heavy atom. The van der Waals surface area contributed by atoms with Crippen molar-refractivity contribution in [1.82, 2.24) is 0 Å². The summed E-state index contributed by atoms with van der Waals surface area (Å²) in [6.07, 6.45) is -0.490. The van der Waals surface area contributed by atoms with E-state index in [0.717, 1.165) is 0 Å². The zero-order valence-electron chi connectivity index (χ0n) is 8.11. The van der Waals surface area contributed by atoms with Gasteiger partial charge in [0.15, 0.2) is 0 Å². The van der Waals surface area contributed by atoms with Crippen LogP contribution >= 0.6 is 11.6 Å². The quantitative estimate of drug-likeness (QED) is 0.776. The average Bonchev–Trinajstić information content (AvgIpc) is 2.06. The lowest BCUT2D eigenvalue weighted by molar-refractivity contribution is -0.161. The summed E-state index contributed by atoms with van der Waals surface area (Å²) in [5.74, 6) is -2.49. The van der Waals surface area contributed by atoms with Crippen molar-refractivity contribution < 1.29 is 19.7 Å². The molecule has 0 spiro atoms. The Hall–Kier alpha value is -1.26. The van der Waals surface area contributed by atoms with Crippen LogP contribution in [0.25, 0.3) is 0 Å². The first kappa shape index (κ1) is 11.8. The van der Waals surface area contributed by atoms with E-state index >= 15 is 0 Å². The maximum atomic E-state index is 10.4. The standard InChI is InChI=1S/C10H11ClO4/c1-10(14,6-9(12)13)15-8-4-2-7(11)3-5-8/h2-5,14H,6H2,1H3,(H,12,13). The Kier molecular flexibility index (Phi) is 3.55. The van der Waals surface area contributed by atoms with Crippen molar-refractivity contribution in [3.05, 3.63) is 29.3 Å². The molecule has 15 heavy (non-hydrogen) atoms. The molecule has 1 rings (SSSR count). The number of carboxylic acids is 1. The number of hydrogen-bond acceptors (Lipinski definition) is 3. The Labute approximate surface area is 92.1 Å². The molecule has 0 fully saturated rings. The summed E-state index contributed by atoms with van der Waals surface area (Å²) in [6, 6.07) is 6.29. The molecule has 0 aromatic heterocycles. The summed E-state index contributed by atoms with van der Waals surface area (Å²) in [7, 11) is 0. The van der Waals surface area contributed by atoms with E-state index in [-0.39, 0.29) is 0 Å². The van der Waals surface area contributed by atoms with Gasteiger partial charge in [0.2, 0.25) is 5.79 Å². The van der Waals surface area contributed by atoms with E-state index in [1.165, 1.54) is 6.92 Å². The maximum absolute atomic E-state index is 10.4. The molecule has 0 radical (unpaired) electrons. The second-order valence-corrected chi connectivity index (χ2v) is 3.74. The highest BCUT2D eigenvalue weighted by Gasteiger charge is 2.26. The third kappa shape index (κ3) is 4.18. The van der Waals surface area contributed by atoms with Crippen LogP contribution in [0.1, 0.15) is 13.3 Å². The first-order valence-corrected chi connectivity index (χ1v) is 4.66. The molecule has 0 aliphatic heterocycles. The number of carbonyl (C=O) groups is 1. The molecule has 2 N–H and O–H groups in total. The number of ether oxygens (including phenoxy) is 1. The highest BCUT2D eigenvalue weighted by Crippen LogP contribution is 2.21. The highest BCUT2D eigenvalue weighted by molar-refractivity contribution is 6.30. The van der Waals surface area contributed by atoms with Crippen molar-refractivity contribution in [3.63, 3.8) is 0 Å². The van der Waals surface area contributed by atoms with Crippen LogP contribution in [0.4, 0.5) is 0 Å². The second kappa shape index (κ2) is 4.51. The van der Waals surface area contributed by atoms with Gasteiger partial charge in [0, 0.05) is 11.9 Å². The summed E-state index contributed by atoms with van der Waals surface area (Å²) in [5, 5.41) is 18.6. The Morgan fingerprint density at radius 1 is 1.47 bits per heavy atom. The lowest BCUT2D eigenvalue weighted by Crippen LogP contribution is -2.34. The van der Waals surface area contributed by atoms with Gasteiger partial charge >= 0.3 is 5.97 Å². The highest BCUT2D eigenvalue weighted by atomic mass is 35.5. The molecule has 4 nitrogen and oxygen atoms in total. The number of halogens is 1. The number of aliphatic hydroxyl groups is 1. The zero-order valence-corrected chi connectivity index (χ0v) is 8.86. The topological polar surface area (TPSA) is 66.8 Å². The Balaban J connectivity index is 2.68. The first-order chi connectivity index (χ1) is 6.89. The van der Waals surface area contributed by atoms with Gasteiger partial charge in [-0.1, -0.05) is 11.6 Å². The smallest absolute Gasteiger partial charge is 0.310 e. The minimum Gasteiger partial charge on any atom is -0.481 e. The van der Waals surface area contributed by atoms with Crippen LogP contribution in [-0.2, 0) is 4.79 Å². The molecule has 5 heteroatoms. The summed E-state index contributed by atoms with van der Waals surface area (Å²) < 4.78 is 5.08. The van der Waals surface area contributed by atoms with Gasteiger partial charge < -0.3 is 14.9 Å². The molecule has 0 aliphatic rings. The van der Waals surface area contributed by atoms with Gasteiger partial charge in [0.1, 0.15) is 12.2 Å². The van der Waals surface area contributed by atoms with Gasteiger partial charge in [0.05, 0.1) is 0 Å². The zero-order chi connectivity index (χ0) is 11.5. The molecule has 1 aromatic carbocycles. The second-order valence-electron chi connectivity index (χ2n) is 3.30. The average molecular weight is 231 g/mol. The molecule has 0 saturated carbocycles. The minimum absolute atomic E-state index is 0.366. The van der Waals surface area contributed by atoms with Gasteiger partial charge in [-0.05, 0) is 24.3 Å². The largest absolute Gasteiger partial charge is 0.481 e. The maximum Gasteiger partial charge on any atom is 0.310 e. The van der Waals surface area contributed by atoms with E-state index in [9.17, 15) is 9.90 Å². The fraction of sp³-hybridized carbons (Fsp3) is 0.300. The van der Waals surface area contributed by atoms with Crippen LogP contribution in [0, 0.1) is 0 Å². The van der Waals surface area contributed by atoms with Gasteiger partial charge in [-0.3, -0.25) is 4.79 Å². The summed E-state index contributed by atoms with van der Waals surface area (Å²) in [4.78, 5) is 10.4. The fourth-order valence-electron chi connectivity index (χ4n) is 1.07.